The molecule has 9 heteroatoms. The fourth-order valence-electron chi connectivity index (χ4n) is 3.27. The van der Waals surface area contributed by atoms with Crippen LogP contribution < -0.4 is 14.4 Å². The predicted molar refractivity (Wildman–Crippen MR) is 104 cm³/mol. The van der Waals surface area contributed by atoms with Crippen LogP contribution >= 0.6 is 11.6 Å². The van der Waals surface area contributed by atoms with Crippen molar-refractivity contribution in [2.75, 3.05) is 25.7 Å². The average molecular weight is 418 g/mol. The van der Waals surface area contributed by atoms with E-state index in [0.717, 1.165) is 0 Å². The monoisotopic (exact) mass is 417 g/mol. The zero-order chi connectivity index (χ0) is 20.5. The van der Waals surface area contributed by atoms with E-state index >= 15 is 0 Å². The summed E-state index contributed by atoms with van der Waals surface area (Å²) in [6.07, 6.45) is 0.211. The maximum atomic E-state index is 13.4. The molecule has 7 nitrogen and oxygen atoms in total. The number of benzene rings is 2. The first kappa shape index (κ1) is 19.2. The molecule has 2 aromatic carbocycles. The molecule has 0 spiro atoms. The summed E-state index contributed by atoms with van der Waals surface area (Å²) >= 11 is 5.84. The number of rotatable bonds is 5. The number of hydrogen-bond donors (Lipinski definition) is 0. The maximum absolute atomic E-state index is 13.4. The first-order chi connectivity index (χ1) is 14.0. The van der Waals surface area contributed by atoms with Gasteiger partial charge in [-0.15, -0.1) is 0 Å². The third kappa shape index (κ3) is 3.63. The van der Waals surface area contributed by atoms with Crippen LogP contribution in [0.2, 0.25) is 5.02 Å². The number of carbonyl (C=O) groups excluding carboxylic acids is 1. The molecule has 1 aliphatic rings. The quantitative estimate of drug-likeness (QED) is 0.622. The highest BCUT2D eigenvalue weighted by Crippen LogP contribution is 2.35. The summed E-state index contributed by atoms with van der Waals surface area (Å²) in [6, 6.07) is 9.48. The van der Waals surface area contributed by atoms with Crippen molar-refractivity contribution in [3.63, 3.8) is 0 Å². The van der Waals surface area contributed by atoms with Crippen molar-refractivity contribution >= 4 is 23.2 Å². The van der Waals surface area contributed by atoms with Crippen LogP contribution in [0, 0.1) is 5.82 Å². The van der Waals surface area contributed by atoms with Gasteiger partial charge in [-0.3, -0.25) is 4.79 Å². The first-order valence-electron chi connectivity index (χ1n) is 8.81. The van der Waals surface area contributed by atoms with Crippen molar-refractivity contribution < 1.29 is 23.2 Å². The third-order valence-electron chi connectivity index (χ3n) is 4.77. The maximum Gasteiger partial charge on any atom is 0.232 e. The van der Waals surface area contributed by atoms with Crippen LogP contribution in [0.15, 0.2) is 40.9 Å². The van der Waals surface area contributed by atoms with Crippen molar-refractivity contribution in [2.45, 2.75) is 12.3 Å². The molecule has 1 atom stereocenters. The van der Waals surface area contributed by atoms with Gasteiger partial charge in [0.25, 0.3) is 0 Å². The molecule has 0 bridgehead atoms. The van der Waals surface area contributed by atoms with Crippen LogP contribution in [0.1, 0.15) is 18.2 Å². The number of methoxy groups -OCH3 is 2. The highest BCUT2D eigenvalue weighted by atomic mass is 35.5. The van der Waals surface area contributed by atoms with Gasteiger partial charge in [0.1, 0.15) is 5.82 Å². The predicted octanol–water partition coefficient (Wildman–Crippen LogP) is 4.07. The Bertz CT molecular complexity index is 1070. The van der Waals surface area contributed by atoms with Crippen LogP contribution in [-0.2, 0) is 4.79 Å². The molecule has 1 aromatic heterocycles. The molecule has 1 aliphatic heterocycles. The minimum Gasteiger partial charge on any atom is -0.493 e. The SMILES string of the molecule is COc1ccc(-c2noc(C3CC(=O)N(c4ccc(F)c(Cl)c4)C3)n2)cc1OC. The molecule has 1 amide bonds. The van der Waals surface area contributed by atoms with Gasteiger partial charge in [-0.25, -0.2) is 4.39 Å². The largest absolute Gasteiger partial charge is 0.493 e. The van der Waals surface area contributed by atoms with Gasteiger partial charge in [0.15, 0.2) is 11.5 Å². The molecule has 0 radical (unpaired) electrons. The van der Waals surface area contributed by atoms with Gasteiger partial charge in [-0.05, 0) is 36.4 Å². The lowest BCUT2D eigenvalue weighted by atomic mass is 10.1. The molecular formula is C20H17ClFN3O4. The molecule has 3 aromatic rings. The van der Waals surface area contributed by atoms with Gasteiger partial charge in [-0.2, -0.15) is 4.98 Å². The van der Waals surface area contributed by atoms with Crippen LogP contribution in [0.4, 0.5) is 10.1 Å². The van der Waals surface area contributed by atoms with Crippen molar-refractivity contribution in [1.82, 2.24) is 10.1 Å². The Morgan fingerprint density at radius 3 is 2.69 bits per heavy atom. The standard InChI is InChI=1S/C20H17ClFN3O4/c1-27-16-6-3-11(7-17(16)28-2)19-23-20(29-24-19)12-8-18(26)25(10-12)13-4-5-15(22)14(21)9-13/h3-7,9,12H,8,10H2,1-2H3. The lowest BCUT2D eigenvalue weighted by molar-refractivity contribution is -0.117. The van der Waals surface area contributed by atoms with Gasteiger partial charge in [-0.1, -0.05) is 16.8 Å². The molecule has 0 aliphatic carbocycles. The lowest BCUT2D eigenvalue weighted by Crippen LogP contribution is -2.24. The molecule has 150 valence electrons. The van der Waals surface area contributed by atoms with E-state index in [1.165, 1.54) is 23.1 Å². The summed E-state index contributed by atoms with van der Waals surface area (Å²) in [7, 11) is 3.10. The Balaban J connectivity index is 1.56. The topological polar surface area (TPSA) is 77.7 Å². The van der Waals surface area contributed by atoms with E-state index < -0.39 is 5.82 Å². The molecule has 4 rings (SSSR count). The van der Waals surface area contributed by atoms with Crippen molar-refractivity contribution in [1.29, 1.82) is 0 Å². The number of anilines is 1. The Morgan fingerprint density at radius 2 is 1.97 bits per heavy atom. The van der Waals surface area contributed by atoms with Crippen LogP contribution in [0.3, 0.4) is 0 Å². The number of ether oxygens (including phenoxy) is 2. The van der Waals surface area contributed by atoms with Crippen molar-refractivity contribution in [2.24, 2.45) is 0 Å². The highest BCUT2D eigenvalue weighted by Gasteiger charge is 2.35. The number of hydrogen-bond acceptors (Lipinski definition) is 6. The minimum absolute atomic E-state index is 0.0349. The Morgan fingerprint density at radius 1 is 1.17 bits per heavy atom. The van der Waals surface area contributed by atoms with Crippen molar-refractivity contribution in [3.05, 3.63) is 53.1 Å². The van der Waals surface area contributed by atoms with Crippen LogP contribution in [0.5, 0.6) is 11.5 Å². The zero-order valence-corrected chi connectivity index (χ0v) is 16.4. The second-order valence-electron chi connectivity index (χ2n) is 6.53. The molecule has 2 heterocycles. The van der Waals surface area contributed by atoms with Crippen LogP contribution in [-0.4, -0.2) is 36.8 Å². The summed E-state index contributed by atoms with van der Waals surface area (Å²) in [5.41, 5.74) is 1.23. The molecule has 1 unspecified atom stereocenters. The highest BCUT2D eigenvalue weighted by molar-refractivity contribution is 6.31. The number of halogens is 2. The van der Waals surface area contributed by atoms with E-state index in [1.807, 2.05) is 0 Å². The average Bonchev–Trinajstić information content (AvgIpc) is 3.36. The molecule has 29 heavy (non-hydrogen) atoms. The molecular weight excluding hydrogens is 401 g/mol. The van der Waals surface area contributed by atoms with Crippen LogP contribution in [0.25, 0.3) is 11.4 Å². The molecule has 0 saturated carbocycles. The summed E-state index contributed by atoms with van der Waals surface area (Å²) in [6.45, 7) is 0.342. The summed E-state index contributed by atoms with van der Waals surface area (Å²) in [5.74, 6) is 0.962. The molecule has 0 N–H and O–H groups in total. The minimum atomic E-state index is -0.532. The number of amides is 1. The number of carbonyl (C=O) groups is 1. The summed E-state index contributed by atoms with van der Waals surface area (Å²) < 4.78 is 29.3. The molecule has 1 saturated heterocycles. The lowest BCUT2D eigenvalue weighted by Gasteiger charge is -2.16. The van der Waals surface area contributed by atoms with Crippen molar-refractivity contribution in [3.8, 4) is 22.9 Å². The summed E-state index contributed by atoms with van der Waals surface area (Å²) in [5, 5.41) is 3.99. The second kappa shape index (κ2) is 7.71. The Hall–Kier alpha value is -3.13. The first-order valence-corrected chi connectivity index (χ1v) is 9.19. The fourth-order valence-corrected chi connectivity index (χ4v) is 3.44. The van der Waals surface area contributed by atoms with Gasteiger partial charge >= 0.3 is 0 Å². The number of aromatic nitrogens is 2. The van der Waals surface area contributed by atoms with E-state index in [4.69, 9.17) is 25.6 Å². The van der Waals surface area contributed by atoms with E-state index in [1.54, 1.807) is 32.4 Å². The Labute approximate surface area is 171 Å². The van der Waals surface area contributed by atoms with Gasteiger partial charge < -0.3 is 18.9 Å². The fraction of sp³-hybridized carbons (Fsp3) is 0.250. The van der Waals surface area contributed by atoms with Gasteiger partial charge in [0, 0.05) is 24.2 Å². The number of nitrogens with zero attached hydrogens (tertiary/aromatic N) is 3. The van der Waals surface area contributed by atoms with E-state index in [0.29, 0.717) is 41.0 Å². The van der Waals surface area contributed by atoms with Gasteiger partial charge in [0.05, 0.1) is 25.2 Å². The zero-order valence-electron chi connectivity index (χ0n) is 15.7. The Kier molecular flexibility index (Phi) is 5.10. The third-order valence-corrected chi connectivity index (χ3v) is 5.06. The van der Waals surface area contributed by atoms with E-state index in [9.17, 15) is 9.18 Å². The van der Waals surface area contributed by atoms with E-state index in [-0.39, 0.29) is 23.3 Å². The summed E-state index contributed by atoms with van der Waals surface area (Å²) in [4.78, 5) is 18.4. The van der Waals surface area contributed by atoms with E-state index in [2.05, 4.69) is 10.1 Å². The van der Waals surface area contributed by atoms with Gasteiger partial charge in [0.2, 0.25) is 17.6 Å². The normalized spacial score (nSPS) is 16.3. The second-order valence-corrected chi connectivity index (χ2v) is 6.94. The smallest absolute Gasteiger partial charge is 0.232 e. The molecule has 1 fully saturated rings.